The second-order valence-electron chi connectivity index (χ2n) is 5.38. The Bertz CT molecular complexity index is 692. The Kier molecular flexibility index (Phi) is 4.57. The fourth-order valence-corrected chi connectivity index (χ4v) is 2.79. The number of aliphatic hydroxyl groups is 1. The van der Waals surface area contributed by atoms with Gasteiger partial charge in [0.05, 0.1) is 23.8 Å². The summed E-state index contributed by atoms with van der Waals surface area (Å²) in [6.45, 7) is 1.91. The van der Waals surface area contributed by atoms with E-state index in [-0.39, 0.29) is 18.4 Å². The highest BCUT2D eigenvalue weighted by Gasteiger charge is 2.24. The molecule has 1 N–H and O–H groups in total. The van der Waals surface area contributed by atoms with Gasteiger partial charge < -0.3 is 14.7 Å². The number of rotatable bonds is 2. The highest BCUT2D eigenvalue weighted by molar-refractivity contribution is 6.35. The van der Waals surface area contributed by atoms with Crippen LogP contribution in [0.4, 0.5) is 0 Å². The van der Waals surface area contributed by atoms with Crippen molar-refractivity contribution < 1.29 is 14.6 Å². The normalized spacial score (nSPS) is 19.2. The molecule has 6 heteroatoms. The molecule has 1 aromatic heterocycles. The van der Waals surface area contributed by atoms with Gasteiger partial charge in [0.2, 0.25) is 0 Å². The number of ether oxygens (including phenoxy) is 1. The van der Waals surface area contributed by atoms with Crippen molar-refractivity contribution in [3.8, 4) is 0 Å². The van der Waals surface area contributed by atoms with Crippen LogP contribution in [0, 0.1) is 5.92 Å². The number of amides is 1. The van der Waals surface area contributed by atoms with Gasteiger partial charge in [-0.05, 0) is 12.1 Å². The molecular weight excluding hydrogens is 304 g/mol. The van der Waals surface area contributed by atoms with Crippen molar-refractivity contribution in [2.75, 3.05) is 32.9 Å². The molecule has 0 saturated carbocycles. The zero-order valence-corrected chi connectivity index (χ0v) is 12.8. The first-order valence-corrected chi connectivity index (χ1v) is 7.60. The summed E-state index contributed by atoms with van der Waals surface area (Å²) in [6.07, 6.45) is 0. The third kappa shape index (κ3) is 3.06. The minimum atomic E-state index is -0.161. The number of halogens is 1. The summed E-state index contributed by atoms with van der Waals surface area (Å²) in [7, 11) is 0. The number of benzene rings is 1. The van der Waals surface area contributed by atoms with E-state index >= 15 is 0 Å². The Labute approximate surface area is 133 Å². The van der Waals surface area contributed by atoms with Crippen molar-refractivity contribution in [1.29, 1.82) is 0 Å². The van der Waals surface area contributed by atoms with Crippen LogP contribution in [0.3, 0.4) is 0 Å². The molecule has 0 radical (unpaired) electrons. The molecule has 0 spiro atoms. The van der Waals surface area contributed by atoms with Crippen LogP contribution in [0.5, 0.6) is 0 Å². The second-order valence-corrected chi connectivity index (χ2v) is 5.79. The van der Waals surface area contributed by atoms with Crippen LogP contribution >= 0.6 is 11.6 Å². The Balaban J connectivity index is 1.89. The van der Waals surface area contributed by atoms with E-state index in [0.29, 0.717) is 42.5 Å². The fraction of sp³-hybridized carbons (Fsp3) is 0.375. The van der Waals surface area contributed by atoms with Gasteiger partial charge in [0.15, 0.2) is 0 Å². The van der Waals surface area contributed by atoms with E-state index in [9.17, 15) is 9.90 Å². The van der Waals surface area contributed by atoms with E-state index in [1.54, 1.807) is 17.0 Å². The molecule has 116 valence electrons. The SMILES string of the molecule is O=C(c1ccc2cccc(Cl)c2n1)N1CCOC[C@H](CO)C1. The van der Waals surface area contributed by atoms with Crippen molar-refractivity contribution in [1.82, 2.24) is 9.88 Å². The average Bonchev–Trinajstić information content (AvgIpc) is 2.80. The fourth-order valence-electron chi connectivity index (χ4n) is 2.57. The molecule has 1 fully saturated rings. The molecule has 0 unspecified atom stereocenters. The molecule has 1 atom stereocenters. The van der Waals surface area contributed by atoms with Crippen LogP contribution in [0.2, 0.25) is 5.02 Å². The molecule has 0 aliphatic carbocycles. The molecule has 2 aromatic rings. The second kappa shape index (κ2) is 6.60. The van der Waals surface area contributed by atoms with Gasteiger partial charge in [-0.15, -0.1) is 0 Å². The number of pyridine rings is 1. The van der Waals surface area contributed by atoms with E-state index in [2.05, 4.69) is 4.98 Å². The molecule has 1 saturated heterocycles. The Morgan fingerprint density at radius 3 is 3.09 bits per heavy atom. The van der Waals surface area contributed by atoms with E-state index in [1.807, 2.05) is 18.2 Å². The van der Waals surface area contributed by atoms with Crippen molar-refractivity contribution >= 4 is 28.4 Å². The van der Waals surface area contributed by atoms with Crippen LogP contribution in [-0.2, 0) is 4.74 Å². The predicted octanol–water partition coefficient (Wildman–Crippen LogP) is 1.97. The Hall–Kier alpha value is -1.69. The van der Waals surface area contributed by atoms with E-state index < -0.39 is 0 Å². The summed E-state index contributed by atoms with van der Waals surface area (Å²) in [4.78, 5) is 18.7. The van der Waals surface area contributed by atoms with Gasteiger partial charge in [-0.1, -0.05) is 29.8 Å². The van der Waals surface area contributed by atoms with Crippen molar-refractivity contribution in [3.05, 3.63) is 41.0 Å². The highest BCUT2D eigenvalue weighted by Crippen LogP contribution is 2.22. The maximum absolute atomic E-state index is 12.7. The standard InChI is InChI=1S/C16H17ClN2O3/c17-13-3-1-2-12-4-5-14(18-15(12)13)16(21)19-6-7-22-10-11(8-19)9-20/h1-5,11,20H,6-10H2/t11-/m0/s1. The summed E-state index contributed by atoms with van der Waals surface area (Å²) in [5.74, 6) is -0.221. The topological polar surface area (TPSA) is 62.7 Å². The molecule has 5 nitrogen and oxygen atoms in total. The van der Waals surface area contributed by atoms with Crippen LogP contribution < -0.4 is 0 Å². The molecule has 1 aliphatic rings. The molecule has 2 heterocycles. The Morgan fingerprint density at radius 1 is 1.41 bits per heavy atom. The minimum absolute atomic E-state index is 0.000751. The van der Waals surface area contributed by atoms with Crippen molar-refractivity contribution in [2.24, 2.45) is 5.92 Å². The molecule has 0 bridgehead atoms. The van der Waals surface area contributed by atoms with Gasteiger partial charge in [-0.2, -0.15) is 0 Å². The van der Waals surface area contributed by atoms with Gasteiger partial charge in [0, 0.05) is 31.0 Å². The Morgan fingerprint density at radius 2 is 2.27 bits per heavy atom. The minimum Gasteiger partial charge on any atom is -0.396 e. The number of hydrogen-bond acceptors (Lipinski definition) is 4. The first-order valence-electron chi connectivity index (χ1n) is 7.22. The largest absolute Gasteiger partial charge is 0.396 e. The third-order valence-electron chi connectivity index (χ3n) is 3.77. The number of nitrogens with zero attached hydrogens (tertiary/aromatic N) is 2. The zero-order valence-electron chi connectivity index (χ0n) is 12.0. The van der Waals surface area contributed by atoms with Crippen LogP contribution in [0.25, 0.3) is 10.9 Å². The van der Waals surface area contributed by atoms with E-state index in [4.69, 9.17) is 16.3 Å². The average molecular weight is 321 g/mol. The molecule has 1 aromatic carbocycles. The van der Waals surface area contributed by atoms with Gasteiger partial charge >= 0.3 is 0 Å². The van der Waals surface area contributed by atoms with Gasteiger partial charge in [-0.3, -0.25) is 4.79 Å². The number of carbonyl (C=O) groups excluding carboxylic acids is 1. The summed E-state index contributed by atoms with van der Waals surface area (Å²) < 4.78 is 5.41. The van der Waals surface area contributed by atoms with Gasteiger partial charge in [-0.25, -0.2) is 4.98 Å². The lowest BCUT2D eigenvalue weighted by atomic mass is 10.1. The number of aromatic nitrogens is 1. The number of fused-ring (bicyclic) bond motifs is 1. The molecule has 22 heavy (non-hydrogen) atoms. The van der Waals surface area contributed by atoms with E-state index in [0.717, 1.165) is 5.39 Å². The molecule has 1 aliphatic heterocycles. The monoisotopic (exact) mass is 320 g/mol. The lowest BCUT2D eigenvalue weighted by molar-refractivity contribution is 0.0723. The number of aliphatic hydroxyl groups excluding tert-OH is 1. The summed E-state index contributed by atoms with van der Waals surface area (Å²) >= 11 is 6.15. The highest BCUT2D eigenvalue weighted by atomic mass is 35.5. The predicted molar refractivity (Wildman–Crippen MR) is 84.1 cm³/mol. The summed E-state index contributed by atoms with van der Waals surface area (Å²) in [5, 5.41) is 10.7. The van der Waals surface area contributed by atoms with Gasteiger partial charge in [0.25, 0.3) is 5.91 Å². The summed E-state index contributed by atoms with van der Waals surface area (Å²) in [6, 6.07) is 9.07. The number of para-hydroxylation sites is 1. The maximum atomic E-state index is 12.7. The quantitative estimate of drug-likeness (QED) is 0.919. The molecular formula is C16H17ClN2O3. The lowest BCUT2D eigenvalue weighted by Crippen LogP contribution is -2.37. The first-order chi connectivity index (χ1) is 10.7. The zero-order chi connectivity index (χ0) is 15.5. The molecule has 1 amide bonds. The first kappa shape index (κ1) is 15.2. The molecule has 3 rings (SSSR count). The van der Waals surface area contributed by atoms with Crippen LogP contribution in [0.15, 0.2) is 30.3 Å². The van der Waals surface area contributed by atoms with Crippen molar-refractivity contribution in [2.45, 2.75) is 0 Å². The number of hydrogen-bond donors (Lipinski definition) is 1. The maximum Gasteiger partial charge on any atom is 0.272 e. The lowest BCUT2D eigenvalue weighted by Gasteiger charge is -2.22. The van der Waals surface area contributed by atoms with Crippen LogP contribution in [0.1, 0.15) is 10.5 Å². The van der Waals surface area contributed by atoms with Crippen LogP contribution in [-0.4, -0.2) is 53.8 Å². The van der Waals surface area contributed by atoms with Crippen molar-refractivity contribution in [3.63, 3.8) is 0 Å². The smallest absolute Gasteiger partial charge is 0.272 e. The summed E-state index contributed by atoms with van der Waals surface area (Å²) in [5.41, 5.74) is 0.985. The van der Waals surface area contributed by atoms with E-state index in [1.165, 1.54) is 0 Å². The third-order valence-corrected chi connectivity index (χ3v) is 4.08. The number of carbonyl (C=O) groups is 1. The van der Waals surface area contributed by atoms with Gasteiger partial charge in [0.1, 0.15) is 5.69 Å².